The van der Waals surface area contributed by atoms with Crippen LogP contribution in [0, 0.1) is 0 Å². The predicted molar refractivity (Wildman–Crippen MR) is 94.7 cm³/mol. The second kappa shape index (κ2) is 7.61. The molecule has 8 nitrogen and oxygen atoms in total. The molecule has 1 aromatic heterocycles. The fourth-order valence-electron chi connectivity index (χ4n) is 1.97. The van der Waals surface area contributed by atoms with Crippen LogP contribution in [0.15, 0.2) is 29.6 Å². The van der Waals surface area contributed by atoms with E-state index in [-0.39, 0.29) is 10.2 Å². The lowest BCUT2D eigenvalue weighted by Crippen LogP contribution is -2.35. The topological polar surface area (TPSA) is 93.5 Å². The minimum absolute atomic E-state index is 0.0382. The number of sulfonamides is 1. The Morgan fingerprint density at radius 2 is 2.08 bits per heavy atom. The van der Waals surface area contributed by atoms with Crippen LogP contribution < -0.4 is 10.1 Å². The molecule has 136 valence electrons. The number of hydrogen-bond acceptors (Lipinski definition) is 5. The number of nitrogens with one attached hydrogen (secondary N) is 1. The maximum absolute atomic E-state index is 12.5. The van der Waals surface area contributed by atoms with Gasteiger partial charge in [-0.2, -0.15) is 4.31 Å². The smallest absolute Gasteiger partial charge is 0.263 e. The van der Waals surface area contributed by atoms with Crippen molar-refractivity contribution in [1.82, 2.24) is 13.9 Å². The van der Waals surface area contributed by atoms with Gasteiger partial charge in [-0.05, 0) is 18.2 Å². The van der Waals surface area contributed by atoms with Crippen LogP contribution in [0.3, 0.4) is 0 Å². The van der Waals surface area contributed by atoms with E-state index in [2.05, 4.69) is 10.3 Å². The Hall–Kier alpha value is -1.81. The van der Waals surface area contributed by atoms with E-state index in [9.17, 15) is 13.2 Å². The number of rotatable bonds is 6. The van der Waals surface area contributed by atoms with Gasteiger partial charge in [0.05, 0.1) is 25.7 Å². The maximum atomic E-state index is 12.5. The molecule has 0 radical (unpaired) electrons. The summed E-state index contributed by atoms with van der Waals surface area (Å²) < 4.78 is 32.3. The molecule has 0 aliphatic rings. The summed E-state index contributed by atoms with van der Waals surface area (Å²) in [5, 5.41) is 2.61. The second-order valence-electron chi connectivity index (χ2n) is 5.11. The van der Waals surface area contributed by atoms with Gasteiger partial charge in [-0.15, -0.1) is 0 Å². The first-order valence-electron chi connectivity index (χ1n) is 6.93. The molecule has 2 aromatic rings. The number of anilines is 1. The molecule has 25 heavy (non-hydrogen) atoms. The quantitative estimate of drug-likeness (QED) is 0.791. The van der Waals surface area contributed by atoms with Crippen molar-refractivity contribution in [2.45, 2.75) is 5.03 Å². The molecule has 1 heterocycles. The lowest BCUT2D eigenvalue weighted by Gasteiger charge is -2.16. The summed E-state index contributed by atoms with van der Waals surface area (Å²) >= 11 is 11.8. The van der Waals surface area contributed by atoms with Crippen LogP contribution in [0.25, 0.3) is 0 Å². The number of hydrogen-bond donors (Lipinski definition) is 1. The number of ether oxygens (including phenoxy) is 1. The number of benzene rings is 1. The third kappa shape index (κ3) is 4.24. The first-order valence-corrected chi connectivity index (χ1v) is 9.13. The number of halogens is 2. The van der Waals surface area contributed by atoms with Gasteiger partial charge in [0, 0.05) is 19.1 Å². The van der Waals surface area contributed by atoms with Crippen molar-refractivity contribution in [2.75, 3.05) is 26.0 Å². The van der Waals surface area contributed by atoms with Crippen LogP contribution in [0.5, 0.6) is 5.75 Å². The van der Waals surface area contributed by atoms with Crippen molar-refractivity contribution in [3.63, 3.8) is 0 Å². The lowest BCUT2D eigenvalue weighted by atomic mass is 10.3. The molecule has 2 rings (SSSR count). The number of nitrogens with zero attached hydrogens (tertiary/aromatic N) is 3. The molecule has 1 N–H and O–H groups in total. The van der Waals surface area contributed by atoms with E-state index in [0.717, 1.165) is 4.31 Å². The van der Waals surface area contributed by atoms with Crippen LogP contribution in [0.4, 0.5) is 5.69 Å². The average Bonchev–Trinajstić information content (AvgIpc) is 2.87. The molecule has 11 heteroatoms. The zero-order chi connectivity index (χ0) is 18.8. The van der Waals surface area contributed by atoms with Crippen molar-refractivity contribution >= 4 is 44.8 Å². The van der Waals surface area contributed by atoms with Crippen LogP contribution in [-0.4, -0.2) is 48.9 Å². The molecule has 0 bridgehead atoms. The highest BCUT2D eigenvalue weighted by atomic mass is 35.5. The Labute approximate surface area is 155 Å². The van der Waals surface area contributed by atoms with Crippen LogP contribution in [-0.2, 0) is 21.9 Å². The van der Waals surface area contributed by atoms with Crippen LogP contribution in [0.2, 0.25) is 10.2 Å². The molecule has 1 aromatic carbocycles. The van der Waals surface area contributed by atoms with Gasteiger partial charge in [-0.1, -0.05) is 23.2 Å². The third-order valence-electron chi connectivity index (χ3n) is 3.29. The summed E-state index contributed by atoms with van der Waals surface area (Å²) in [5.74, 6) is -0.172. The molecule has 0 saturated carbocycles. The van der Waals surface area contributed by atoms with E-state index >= 15 is 0 Å². The predicted octanol–water partition coefficient (Wildman–Crippen LogP) is 1.99. The number of aromatic nitrogens is 2. The largest absolute Gasteiger partial charge is 0.495 e. The molecule has 0 fully saturated rings. The zero-order valence-corrected chi connectivity index (χ0v) is 16.0. The Kier molecular flexibility index (Phi) is 5.94. The highest BCUT2D eigenvalue weighted by Gasteiger charge is 2.28. The SMILES string of the molecule is COc1ccc(Cl)cc1NC(=O)CN(C)S(=O)(=O)c1ncn(C)c1Cl. The molecular weight excluding hydrogens is 391 g/mol. The molecule has 0 atom stereocenters. The maximum Gasteiger partial charge on any atom is 0.263 e. The molecule has 1 amide bonds. The van der Waals surface area contributed by atoms with Crippen molar-refractivity contribution in [1.29, 1.82) is 0 Å². The fraction of sp³-hybridized carbons (Fsp3) is 0.286. The number of likely N-dealkylation sites (N-methyl/N-ethyl adjacent to an activating group) is 1. The molecule has 0 aliphatic carbocycles. The lowest BCUT2D eigenvalue weighted by molar-refractivity contribution is -0.116. The Balaban J connectivity index is 2.15. The summed E-state index contributed by atoms with van der Waals surface area (Å²) in [5.41, 5.74) is 0.335. The zero-order valence-electron chi connectivity index (χ0n) is 13.7. The summed E-state index contributed by atoms with van der Waals surface area (Å²) in [6, 6.07) is 4.70. The summed E-state index contributed by atoms with van der Waals surface area (Å²) in [6.07, 6.45) is 1.28. The van der Waals surface area contributed by atoms with Crippen molar-refractivity contribution < 1.29 is 17.9 Å². The van der Waals surface area contributed by atoms with Gasteiger partial charge in [0.15, 0.2) is 0 Å². The Morgan fingerprint density at radius 1 is 1.40 bits per heavy atom. The van der Waals surface area contributed by atoms with E-state index in [1.54, 1.807) is 19.2 Å². The third-order valence-corrected chi connectivity index (χ3v) is 5.82. The summed E-state index contributed by atoms with van der Waals surface area (Å²) in [4.78, 5) is 16.0. The number of imidazole rings is 1. The van der Waals surface area contributed by atoms with E-state index in [1.807, 2.05) is 0 Å². The number of carbonyl (C=O) groups excluding carboxylic acids is 1. The van der Waals surface area contributed by atoms with Gasteiger partial charge >= 0.3 is 0 Å². The first-order chi connectivity index (χ1) is 11.7. The second-order valence-corrected chi connectivity index (χ2v) is 7.86. The molecule has 0 saturated heterocycles. The minimum Gasteiger partial charge on any atom is -0.495 e. The molecular formula is C14H16Cl2N4O4S. The number of carbonyl (C=O) groups is 1. The van der Waals surface area contributed by atoms with Gasteiger partial charge < -0.3 is 14.6 Å². The van der Waals surface area contributed by atoms with E-state index in [1.165, 1.54) is 31.1 Å². The van der Waals surface area contributed by atoms with Crippen molar-refractivity contribution in [2.24, 2.45) is 7.05 Å². The van der Waals surface area contributed by atoms with Crippen LogP contribution >= 0.6 is 23.2 Å². The van der Waals surface area contributed by atoms with E-state index in [4.69, 9.17) is 27.9 Å². The summed E-state index contributed by atoms with van der Waals surface area (Å²) in [6.45, 7) is -0.440. The Morgan fingerprint density at radius 3 is 2.64 bits per heavy atom. The highest BCUT2D eigenvalue weighted by Crippen LogP contribution is 2.28. The van der Waals surface area contributed by atoms with Crippen molar-refractivity contribution in [3.8, 4) is 5.75 Å². The van der Waals surface area contributed by atoms with Gasteiger partial charge in [-0.3, -0.25) is 4.79 Å². The monoisotopic (exact) mass is 406 g/mol. The average molecular weight is 407 g/mol. The van der Waals surface area contributed by atoms with Crippen LogP contribution in [0.1, 0.15) is 0 Å². The van der Waals surface area contributed by atoms with Gasteiger partial charge in [0.2, 0.25) is 10.9 Å². The molecule has 0 aliphatic heterocycles. The number of methoxy groups -OCH3 is 1. The standard InChI is InChI=1S/C14H16Cl2N4O4S/c1-19-8-17-14(13(19)16)25(22,23)20(2)7-12(21)18-10-6-9(15)4-5-11(10)24-3/h4-6,8H,7H2,1-3H3,(H,18,21). The summed E-state index contributed by atoms with van der Waals surface area (Å²) in [7, 11) is 0.255. The van der Waals surface area contributed by atoms with Gasteiger partial charge in [-0.25, -0.2) is 13.4 Å². The van der Waals surface area contributed by atoms with Gasteiger partial charge in [0.25, 0.3) is 10.0 Å². The molecule has 0 unspecified atom stereocenters. The first kappa shape index (κ1) is 19.5. The number of amides is 1. The van der Waals surface area contributed by atoms with E-state index < -0.39 is 22.5 Å². The minimum atomic E-state index is -4.01. The number of aryl methyl sites for hydroxylation is 1. The van der Waals surface area contributed by atoms with Gasteiger partial charge in [0.1, 0.15) is 10.9 Å². The Bertz CT molecular complexity index is 898. The fourth-order valence-corrected chi connectivity index (χ4v) is 3.65. The molecule has 0 spiro atoms. The van der Waals surface area contributed by atoms with E-state index in [0.29, 0.717) is 16.5 Å². The highest BCUT2D eigenvalue weighted by molar-refractivity contribution is 7.89. The normalized spacial score (nSPS) is 11.6. The van der Waals surface area contributed by atoms with Crippen molar-refractivity contribution in [3.05, 3.63) is 34.7 Å².